The Labute approximate surface area is 171 Å². The van der Waals surface area contributed by atoms with E-state index in [9.17, 15) is 9.59 Å². The number of rotatable bonds is 8. The smallest absolute Gasteiger partial charge is 0.291 e. The van der Waals surface area contributed by atoms with Crippen LogP contribution >= 0.6 is 15.9 Å². The van der Waals surface area contributed by atoms with E-state index in [1.807, 2.05) is 30.3 Å². The number of carbonyl (C=O) groups excluding carboxylic acids is 2. The predicted octanol–water partition coefficient (Wildman–Crippen LogP) is 4.53. The van der Waals surface area contributed by atoms with Crippen molar-refractivity contribution in [1.82, 2.24) is 5.32 Å². The first kappa shape index (κ1) is 19.7. The molecule has 0 saturated heterocycles. The Morgan fingerprint density at radius 3 is 2.39 bits per heavy atom. The molecule has 0 aliphatic rings. The van der Waals surface area contributed by atoms with Crippen molar-refractivity contribution in [3.05, 3.63) is 82.7 Å². The van der Waals surface area contributed by atoms with E-state index >= 15 is 0 Å². The number of amides is 2. The van der Waals surface area contributed by atoms with Crippen molar-refractivity contribution in [3.63, 3.8) is 0 Å². The van der Waals surface area contributed by atoms with Crippen molar-refractivity contribution in [2.75, 3.05) is 23.7 Å². The van der Waals surface area contributed by atoms with E-state index in [0.717, 1.165) is 18.7 Å². The van der Waals surface area contributed by atoms with Gasteiger partial charge in [0.05, 0.1) is 0 Å². The Morgan fingerprint density at radius 1 is 0.857 bits per heavy atom. The number of hydrogen-bond acceptors (Lipinski definition) is 4. The van der Waals surface area contributed by atoms with Gasteiger partial charge < -0.3 is 20.4 Å². The van der Waals surface area contributed by atoms with Gasteiger partial charge in [0.1, 0.15) is 0 Å². The Kier molecular flexibility index (Phi) is 6.86. The van der Waals surface area contributed by atoms with Crippen LogP contribution in [0, 0.1) is 0 Å². The summed E-state index contributed by atoms with van der Waals surface area (Å²) < 4.78 is 5.70. The number of halogens is 1. The first-order valence-electron chi connectivity index (χ1n) is 8.86. The maximum atomic E-state index is 12.3. The summed E-state index contributed by atoms with van der Waals surface area (Å²) in [5.74, 6) is -0.376. The molecule has 1 aromatic heterocycles. The number of nitrogens with one attached hydrogen (secondary N) is 3. The Balaban J connectivity index is 1.46. The van der Waals surface area contributed by atoms with E-state index in [1.54, 1.807) is 36.4 Å². The average molecular weight is 442 g/mol. The minimum absolute atomic E-state index is 0.184. The zero-order chi connectivity index (χ0) is 19.8. The summed E-state index contributed by atoms with van der Waals surface area (Å²) in [7, 11) is 0. The van der Waals surface area contributed by atoms with Crippen LogP contribution in [0.1, 0.15) is 27.3 Å². The molecule has 0 saturated carbocycles. The highest BCUT2D eigenvalue weighted by molar-refractivity contribution is 9.10. The van der Waals surface area contributed by atoms with Gasteiger partial charge in [-0.05, 0) is 64.8 Å². The van der Waals surface area contributed by atoms with Gasteiger partial charge in [0.15, 0.2) is 10.4 Å². The Hall–Kier alpha value is -3.06. The molecule has 3 aromatic rings. The van der Waals surface area contributed by atoms with E-state index in [1.165, 1.54) is 0 Å². The summed E-state index contributed by atoms with van der Waals surface area (Å²) in [5.41, 5.74) is 2.06. The topological polar surface area (TPSA) is 83.4 Å². The predicted molar refractivity (Wildman–Crippen MR) is 113 cm³/mol. The van der Waals surface area contributed by atoms with Crippen molar-refractivity contribution in [3.8, 4) is 0 Å². The number of anilines is 2. The standard InChI is InChI=1S/C21H20BrN3O3/c22-19-11-10-18(28-19)21(27)25-17-9-4-6-15(14-17)20(26)24-13-5-12-23-16-7-2-1-3-8-16/h1-4,6-11,14,23H,5,12-13H2,(H,24,26)(H,25,27). The molecule has 1 heterocycles. The summed E-state index contributed by atoms with van der Waals surface area (Å²) in [4.78, 5) is 24.5. The molecule has 0 spiro atoms. The van der Waals surface area contributed by atoms with Gasteiger partial charge in [-0.3, -0.25) is 9.59 Å². The van der Waals surface area contributed by atoms with Gasteiger partial charge in [-0.1, -0.05) is 24.3 Å². The van der Waals surface area contributed by atoms with Crippen molar-refractivity contribution in [2.45, 2.75) is 6.42 Å². The maximum Gasteiger partial charge on any atom is 0.291 e. The molecular weight excluding hydrogens is 422 g/mol. The molecule has 0 unspecified atom stereocenters. The van der Waals surface area contributed by atoms with Crippen LogP contribution in [-0.4, -0.2) is 24.9 Å². The third-order valence-electron chi connectivity index (χ3n) is 3.92. The zero-order valence-corrected chi connectivity index (χ0v) is 16.7. The van der Waals surface area contributed by atoms with Gasteiger partial charge in [-0.15, -0.1) is 0 Å². The zero-order valence-electron chi connectivity index (χ0n) is 15.1. The van der Waals surface area contributed by atoms with Gasteiger partial charge in [-0.2, -0.15) is 0 Å². The van der Waals surface area contributed by atoms with Crippen LogP contribution in [-0.2, 0) is 0 Å². The molecule has 0 aliphatic carbocycles. The first-order chi connectivity index (χ1) is 13.6. The molecule has 0 bridgehead atoms. The summed E-state index contributed by atoms with van der Waals surface area (Å²) >= 11 is 3.16. The second kappa shape index (κ2) is 9.75. The van der Waals surface area contributed by atoms with Gasteiger partial charge in [0.25, 0.3) is 11.8 Å². The van der Waals surface area contributed by atoms with Gasteiger partial charge in [0, 0.05) is 30.0 Å². The van der Waals surface area contributed by atoms with Crippen LogP contribution in [0.5, 0.6) is 0 Å². The quantitative estimate of drug-likeness (QED) is 0.448. The van der Waals surface area contributed by atoms with E-state index in [0.29, 0.717) is 22.5 Å². The minimum atomic E-state index is -0.379. The second-order valence-corrected chi connectivity index (χ2v) is 6.82. The van der Waals surface area contributed by atoms with Crippen LogP contribution in [0.3, 0.4) is 0 Å². The molecule has 6 nitrogen and oxygen atoms in total. The van der Waals surface area contributed by atoms with E-state index < -0.39 is 0 Å². The third-order valence-corrected chi connectivity index (χ3v) is 4.35. The van der Waals surface area contributed by atoms with E-state index in [2.05, 4.69) is 31.9 Å². The molecule has 3 N–H and O–H groups in total. The lowest BCUT2D eigenvalue weighted by Crippen LogP contribution is -2.26. The lowest BCUT2D eigenvalue weighted by Gasteiger charge is -2.09. The monoisotopic (exact) mass is 441 g/mol. The maximum absolute atomic E-state index is 12.3. The minimum Gasteiger partial charge on any atom is -0.444 e. The molecule has 0 fully saturated rings. The highest BCUT2D eigenvalue weighted by atomic mass is 79.9. The molecule has 3 rings (SSSR count). The molecule has 2 amide bonds. The molecule has 2 aromatic carbocycles. The Morgan fingerprint density at radius 2 is 1.64 bits per heavy atom. The fraction of sp³-hybridized carbons (Fsp3) is 0.143. The molecule has 0 atom stereocenters. The van der Waals surface area contributed by atoms with Crippen LogP contribution < -0.4 is 16.0 Å². The summed E-state index contributed by atoms with van der Waals surface area (Å²) in [6, 6.07) is 19.9. The van der Waals surface area contributed by atoms with Crippen LogP contribution in [0.2, 0.25) is 0 Å². The van der Waals surface area contributed by atoms with Crippen LogP contribution in [0.15, 0.2) is 75.8 Å². The largest absolute Gasteiger partial charge is 0.444 e. The normalized spacial score (nSPS) is 10.3. The molecule has 7 heteroatoms. The lowest BCUT2D eigenvalue weighted by molar-refractivity contribution is 0.0951. The number of furan rings is 1. The molecule has 0 aliphatic heterocycles. The summed E-state index contributed by atoms with van der Waals surface area (Å²) in [6.07, 6.45) is 0.796. The van der Waals surface area contributed by atoms with Crippen molar-refractivity contribution >= 4 is 39.1 Å². The first-order valence-corrected chi connectivity index (χ1v) is 9.65. The summed E-state index contributed by atoms with van der Waals surface area (Å²) in [5, 5.41) is 8.90. The summed E-state index contributed by atoms with van der Waals surface area (Å²) in [6.45, 7) is 1.31. The van der Waals surface area contributed by atoms with Crippen molar-refractivity contribution in [2.24, 2.45) is 0 Å². The van der Waals surface area contributed by atoms with Crippen LogP contribution in [0.4, 0.5) is 11.4 Å². The highest BCUT2D eigenvalue weighted by Gasteiger charge is 2.12. The number of benzene rings is 2. The SMILES string of the molecule is O=C(NCCCNc1ccccc1)c1cccc(NC(=O)c2ccc(Br)o2)c1. The average Bonchev–Trinajstić information content (AvgIpc) is 3.15. The number of carbonyl (C=O) groups is 2. The number of hydrogen-bond donors (Lipinski definition) is 3. The van der Waals surface area contributed by atoms with Gasteiger partial charge in [0.2, 0.25) is 0 Å². The van der Waals surface area contributed by atoms with Crippen LogP contribution in [0.25, 0.3) is 0 Å². The fourth-order valence-electron chi connectivity index (χ4n) is 2.55. The van der Waals surface area contributed by atoms with E-state index in [-0.39, 0.29) is 17.6 Å². The molecule has 144 valence electrons. The molecule has 28 heavy (non-hydrogen) atoms. The highest BCUT2D eigenvalue weighted by Crippen LogP contribution is 2.17. The van der Waals surface area contributed by atoms with E-state index in [4.69, 9.17) is 4.42 Å². The second-order valence-electron chi connectivity index (χ2n) is 6.04. The fourth-order valence-corrected chi connectivity index (χ4v) is 2.85. The van der Waals surface area contributed by atoms with Gasteiger partial charge in [-0.25, -0.2) is 0 Å². The van der Waals surface area contributed by atoms with Crippen molar-refractivity contribution < 1.29 is 14.0 Å². The van der Waals surface area contributed by atoms with Gasteiger partial charge >= 0.3 is 0 Å². The Bertz CT molecular complexity index is 941. The molecular formula is C21H20BrN3O3. The molecule has 0 radical (unpaired) electrons. The third kappa shape index (κ3) is 5.72. The van der Waals surface area contributed by atoms with Crippen molar-refractivity contribution in [1.29, 1.82) is 0 Å². The lowest BCUT2D eigenvalue weighted by atomic mass is 10.2. The number of para-hydroxylation sites is 1.